The van der Waals surface area contributed by atoms with E-state index in [4.69, 9.17) is 11.6 Å². The molecule has 1 atom stereocenters. The van der Waals surface area contributed by atoms with Gasteiger partial charge >= 0.3 is 6.03 Å². The van der Waals surface area contributed by atoms with E-state index in [0.29, 0.717) is 10.7 Å². The molecular formula is C16H23ClN3O+. The van der Waals surface area contributed by atoms with Crippen molar-refractivity contribution < 1.29 is 9.28 Å². The molecule has 4 nitrogen and oxygen atoms in total. The van der Waals surface area contributed by atoms with Gasteiger partial charge in [-0.05, 0) is 31.0 Å². The van der Waals surface area contributed by atoms with Crippen LogP contribution in [0.4, 0.5) is 10.5 Å². The molecule has 0 aliphatic rings. The van der Waals surface area contributed by atoms with Crippen LogP contribution in [-0.4, -0.2) is 56.2 Å². The second kappa shape index (κ2) is 7.35. The lowest BCUT2D eigenvalue weighted by Crippen LogP contribution is -2.38. The predicted octanol–water partition coefficient (Wildman–Crippen LogP) is 2.90. The number of quaternary nitrogens is 1. The smallest absolute Gasteiger partial charge is 0.321 e. The molecule has 1 aromatic carbocycles. The molecule has 0 fully saturated rings. The Labute approximate surface area is 132 Å². The second-order valence-corrected chi connectivity index (χ2v) is 6.43. The van der Waals surface area contributed by atoms with Crippen LogP contribution in [0.1, 0.15) is 6.92 Å². The average Bonchev–Trinajstić information content (AvgIpc) is 2.36. The maximum absolute atomic E-state index is 12.1. The minimum Gasteiger partial charge on any atom is -0.321 e. The molecule has 0 aliphatic heterocycles. The summed E-state index contributed by atoms with van der Waals surface area (Å²) in [7, 11) is 7.96. The molecule has 0 aliphatic carbocycles. The van der Waals surface area contributed by atoms with Crippen LogP contribution in [0.3, 0.4) is 0 Å². The van der Waals surface area contributed by atoms with E-state index < -0.39 is 0 Å². The molecule has 114 valence electrons. The SMILES string of the molecule is CC(C#CC[N+](C)(C)C)N(C)C(=O)Nc1cccc(Cl)c1. The number of urea groups is 1. The number of hydrogen-bond acceptors (Lipinski definition) is 1. The fourth-order valence-electron chi connectivity index (χ4n) is 1.48. The molecule has 0 bridgehead atoms. The molecule has 0 saturated carbocycles. The Balaban J connectivity index is 2.61. The fraction of sp³-hybridized carbons (Fsp3) is 0.438. The molecule has 0 saturated heterocycles. The summed E-state index contributed by atoms with van der Waals surface area (Å²) in [6.45, 7) is 2.65. The van der Waals surface area contributed by atoms with Gasteiger partial charge in [0.15, 0.2) is 0 Å². The predicted molar refractivity (Wildman–Crippen MR) is 88.4 cm³/mol. The Hall–Kier alpha value is -1.70. The number of hydrogen-bond donors (Lipinski definition) is 1. The Bertz CT molecular complexity index is 555. The number of anilines is 1. The third kappa shape index (κ3) is 6.52. The van der Waals surface area contributed by atoms with Crippen molar-refractivity contribution in [1.82, 2.24) is 4.90 Å². The van der Waals surface area contributed by atoms with Crippen molar-refractivity contribution in [3.8, 4) is 11.8 Å². The van der Waals surface area contributed by atoms with E-state index >= 15 is 0 Å². The third-order valence-electron chi connectivity index (χ3n) is 2.84. The van der Waals surface area contributed by atoms with Crippen LogP contribution in [-0.2, 0) is 0 Å². The fourth-order valence-corrected chi connectivity index (χ4v) is 1.67. The summed E-state index contributed by atoms with van der Waals surface area (Å²) >= 11 is 5.89. The van der Waals surface area contributed by atoms with Crippen molar-refractivity contribution in [3.05, 3.63) is 29.3 Å². The maximum Gasteiger partial charge on any atom is 0.322 e. The lowest BCUT2D eigenvalue weighted by molar-refractivity contribution is -0.862. The van der Waals surface area contributed by atoms with Gasteiger partial charge in [-0.25, -0.2) is 4.79 Å². The number of amides is 2. The molecular weight excluding hydrogens is 286 g/mol. The van der Waals surface area contributed by atoms with Crippen molar-refractivity contribution in [1.29, 1.82) is 0 Å². The number of carbonyl (C=O) groups excluding carboxylic acids is 1. The van der Waals surface area contributed by atoms with Crippen LogP contribution in [0.5, 0.6) is 0 Å². The summed E-state index contributed by atoms with van der Waals surface area (Å²) in [5.74, 6) is 6.20. The number of nitrogens with zero attached hydrogens (tertiary/aromatic N) is 2. The zero-order chi connectivity index (χ0) is 16.0. The number of nitrogens with one attached hydrogen (secondary N) is 1. The van der Waals surface area contributed by atoms with Crippen LogP contribution in [0.25, 0.3) is 0 Å². The topological polar surface area (TPSA) is 32.3 Å². The first-order valence-corrected chi connectivity index (χ1v) is 7.15. The summed E-state index contributed by atoms with van der Waals surface area (Å²) in [5, 5.41) is 3.39. The largest absolute Gasteiger partial charge is 0.322 e. The van der Waals surface area contributed by atoms with Crippen molar-refractivity contribution in [3.63, 3.8) is 0 Å². The minimum absolute atomic E-state index is 0.157. The Morgan fingerprint density at radius 3 is 2.67 bits per heavy atom. The molecule has 1 rings (SSSR count). The normalized spacial score (nSPS) is 12.1. The minimum atomic E-state index is -0.204. The highest BCUT2D eigenvalue weighted by Crippen LogP contribution is 2.15. The summed E-state index contributed by atoms with van der Waals surface area (Å²) in [4.78, 5) is 13.7. The quantitative estimate of drug-likeness (QED) is 0.676. The van der Waals surface area contributed by atoms with Gasteiger partial charge < -0.3 is 14.7 Å². The van der Waals surface area contributed by atoms with Gasteiger partial charge in [-0.15, -0.1) is 0 Å². The number of halogens is 1. The van der Waals surface area contributed by atoms with Gasteiger partial charge in [0.2, 0.25) is 0 Å². The van der Waals surface area contributed by atoms with Gasteiger partial charge in [0.25, 0.3) is 0 Å². The number of rotatable bonds is 3. The summed E-state index contributed by atoms with van der Waals surface area (Å²) in [6, 6.07) is 6.70. The van der Waals surface area contributed by atoms with E-state index in [1.165, 1.54) is 0 Å². The molecule has 21 heavy (non-hydrogen) atoms. The average molecular weight is 309 g/mol. The highest BCUT2D eigenvalue weighted by atomic mass is 35.5. The molecule has 1 N–H and O–H groups in total. The zero-order valence-corrected chi connectivity index (χ0v) is 14.0. The van der Waals surface area contributed by atoms with Gasteiger partial charge in [0, 0.05) is 17.8 Å². The van der Waals surface area contributed by atoms with E-state index in [-0.39, 0.29) is 12.1 Å². The van der Waals surface area contributed by atoms with Crippen molar-refractivity contribution >= 4 is 23.3 Å². The number of carbonyl (C=O) groups is 1. The standard InChI is InChI=1S/C16H22ClN3O/c1-13(8-7-11-20(3,4)5)19(2)16(21)18-15-10-6-9-14(17)12-15/h6,9-10,12-13H,11H2,1-5H3/p+1. The van der Waals surface area contributed by atoms with Crippen LogP contribution in [0.2, 0.25) is 5.02 Å². The third-order valence-corrected chi connectivity index (χ3v) is 3.08. The van der Waals surface area contributed by atoms with Gasteiger partial charge in [-0.2, -0.15) is 0 Å². The first kappa shape index (κ1) is 17.4. The molecule has 0 spiro atoms. The van der Waals surface area contributed by atoms with E-state index in [9.17, 15) is 4.79 Å². The van der Waals surface area contributed by atoms with Crippen LogP contribution < -0.4 is 5.32 Å². The van der Waals surface area contributed by atoms with E-state index in [0.717, 1.165) is 11.0 Å². The monoisotopic (exact) mass is 308 g/mol. The van der Waals surface area contributed by atoms with Crippen LogP contribution in [0.15, 0.2) is 24.3 Å². The van der Waals surface area contributed by atoms with Gasteiger partial charge in [-0.3, -0.25) is 0 Å². The first-order valence-electron chi connectivity index (χ1n) is 6.77. The second-order valence-electron chi connectivity index (χ2n) is 6.00. The van der Waals surface area contributed by atoms with E-state index in [1.54, 1.807) is 36.2 Å². The summed E-state index contributed by atoms with van der Waals surface area (Å²) in [6.07, 6.45) is 0. The van der Waals surface area contributed by atoms with E-state index in [1.807, 2.05) is 6.92 Å². The van der Waals surface area contributed by atoms with Gasteiger partial charge in [0.1, 0.15) is 6.54 Å². The Morgan fingerprint density at radius 2 is 2.10 bits per heavy atom. The molecule has 1 unspecified atom stereocenters. The maximum atomic E-state index is 12.1. The highest BCUT2D eigenvalue weighted by Gasteiger charge is 2.14. The summed E-state index contributed by atoms with van der Waals surface area (Å²) < 4.78 is 0.776. The van der Waals surface area contributed by atoms with Gasteiger partial charge in [0.05, 0.1) is 27.2 Å². The van der Waals surface area contributed by atoms with Crippen molar-refractivity contribution in [2.75, 3.05) is 40.1 Å². The molecule has 5 heteroatoms. The van der Waals surface area contributed by atoms with Gasteiger partial charge in [-0.1, -0.05) is 23.6 Å². The number of benzene rings is 1. The van der Waals surface area contributed by atoms with E-state index in [2.05, 4.69) is 38.3 Å². The lowest BCUT2D eigenvalue weighted by Gasteiger charge is -2.22. The van der Waals surface area contributed by atoms with Crippen LogP contribution >= 0.6 is 11.6 Å². The van der Waals surface area contributed by atoms with Crippen LogP contribution in [0, 0.1) is 11.8 Å². The lowest BCUT2D eigenvalue weighted by atomic mass is 10.3. The molecule has 2 amide bonds. The first-order chi connectivity index (χ1) is 9.69. The van der Waals surface area contributed by atoms with Crippen molar-refractivity contribution in [2.45, 2.75) is 13.0 Å². The summed E-state index contributed by atoms with van der Waals surface area (Å²) in [5.41, 5.74) is 0.672. The highest BCUT2D eigenvalue weighted by molar-refractivity contribution is 6.30. The zero-order valence-electron chi connectivity index (χ0n) is 13.3. The molecule has 0 heterocycles. The molecule has 0 radical (unpaired) electrons. The van der Waals surface area contributed by atoms with Crippen molar-refractivity contribution in [2.24, 2.45) is 0 Å². The molecule has 0 aromatic heterocycles. The Kier molecular flexibility index (Phi) is 6.07. The Morgan fingerprint density at radius 1 is 1.43 bits per heavy atom. The molecule has 1 aromatic rings.